The number of carbonyl (C=O) groups excluding carboxylic acids is 3. The molecule has 2 fully saturated rings. The quantitative estimate of drug-likeness (QED) is 0.619. The van der Waals surface area contributed by atoms with Crippen molar-refractivity contribution in [2.24, 2.45) is 5.41 Å². The molecule has 1 aliphatic heterocycles. The molecule has 1 aromatic rings. The molecule has 1 heterocycles. The number of benzene rings is 1. The van der Waals surface area contributed by atoms with Gasteiger partial charge in [-0.3, -0.25) is 14.4 Å². The standard InChI is InChI=1S/C23H31ClN2O6/c1-15-12-18(19(30-3)13-17(15)24)25-21(28)16(2)32-22(29)23(6-4-5-7-23)14-20(27)26-8-10-31-11-9-26/h12-13,16H,4-11,14H2,1-3H3,(H,25,28)/t16-/m1/s1. The summed E-state index contributed by atoms with van der Waals surface area (Å²) in [5.74, 6) is -0.619. The van der Waals surface area contributed by atoms with Gasteiger partial charge in [0.2, 0.25) is 5.91 Å². The van der Waals surface area contributed by atoms with E-state index in [1.807, 2.05) is 6.92 Å². The number of amides is 2. The highest BCUT2D eigenvalue weighted by atomic mass is 35.5. The van der Waals surface area contributed by atoms with Crippen LogP contribution < -0.4 is 10.1 Å². The molecule has 1 atom stereocenters. The highest BCUT2D eigenvalue weighted by Crippen LogP contribution is 2.43. The number of rotatable bonds is 7. The largest absolute Gasteiger partial charge is 0.495 e. The maximum atomic E-state index is 13.1. The van der Waals surface area contributed by atoms with E-state index in [-0.39, 0.29) is 12.3 Å². The van der Waals surface area contributed by atoms with E-state index in [1.165, 1.54) is 14.0 Å². The van der Waals surface area contributed by atoms with Gasteiger partial charge in [-0.05, 0) is 38.3 Å². The van der Waals surface area contributed by atoms with Crippen molar-refractivity contribution in [3.05, 3.63) is 22.7 Å². The van der Waals surface area contributed by atoms with Crippen molar-refractivity contribution in [1.82, 2.24) is 4.90 Å². The Kier molecular flexibility index (Phi) is 8.00. The normalized spacial score (nSPS) is 18.7. The van der Waals surface area contributed by atoms with Gasteiger partial charge in [-0.15, -0.1) is 0 Å². The maximum Gasteiger partial charge on any atom is 0.313 e. The lowest BCUT2D eigenvalue weighted by Gasteiger charge is -2.32. The number of hydrogen-bond acceptors (Lipinski definition) is 6. The van der Waals surface area contributed by atoms with Crippen LogP contribution >= 0.6 is 11.6 Å². The van der Waals surface area contributed by atoms with Gasteiger partial charge in [0.15, 0.2) is 6.10 Å². The summed E-state index contributed by atoms with van der Waals surface area (Å²) in [6.07, 6.45) is 1.95. The molecule has 3 rings (SSSR count). The number of anilines is 1. The van der Waals surface area contributed by atoms with E-state index in [9.17, 15) is 14.4 Å². The molecule has 1 aromatic carbocycles. The molecule has 0 aromatic heterocycles. The van der Waals surface area contributed by atoms with Crippen LogP contribution in [0.15, 0.2) is 12.1 Å². The predicted octanol–water partition coefficient (Wildman–Crippen LogP) is 3.34. The molecule has 2 amide bonds. The van der Waals surface area contributed by atoms with Crippen LogP contribution in [-0.2, 0) is 23.9 Å². The van der Waals surface area contributed by atoms with Crippen molar-refractivity contribution in [3.63, 3.8) is 0 Å². The Morgan fingerprint density at radius 3 is 2.50 bits per heavy atom. The maximum absolute atomic E-state index is 13.1. The minimum atomic E-state index is -1.03. The van der Waals surface area contributed by atoms with Gasteiger partial charge in [0.25, 0.3) is 5.91 Å². The highest BCUT2D eigenvalue weighted by molar-refractivity contribution is 6.31. The SMILES string of the molecule is COc1cc(Cl)c(C)cc1NC(=O)[C@@H](C)OC(=O)C1(CC(=O)N2CCOCC2)CCCC1. The van der Waals surface area contributed by atoms with Crippen LogP contribution in [0.1, 0.15) is 44.6 Å². The van der Waals surface area contributed by atoms with Crippen LogP contribution in [0.4, 0.5) is 5.69 Å². The molecule has 0 bridgehead atoms. The number of morpholine rings is 1. The average Bonchev–Trinajstić information content (AvgIpc) is 3.26. The second-order valence-electron chi connectivity index (χ2n) is 8.50. The van der Waals surface area contributed by atoms with Crippen molar-refractivity contribution in [1.29, 1.82) is 0 Å². The number of ether oxygens (including phenoxy) is 3. The number of nitrogens with zero attached hydrogens (tertiary/aromatic N) is 1. The molecule has 8 nitrogen and oxygen atoms in total. The van der Waals surface area contributed by atoms with Crippen molar-refractivity contribution >= 4 is 35.1 Å². The molecule has 9 heteroatoms. The van der Waals surface area contributed by atoms with Gasteiger partial charge in [0.05, 0.1) is 31.4 Å². The van der Waals surface area contributed by atoms with Crippen molar-refractivity contribution < 1.29 is 28.6 Å². The zero-order chi connectivity index (χ0) is 23.3. The zero-order valence-corrected chi connectivity index (χ0v) is 19.6. The molecule has 2 aliphatic rings. The van der Waals surface area contributed by atoms with E-state index in [1.54, 1.807) is 17.0 Å². The van der Waals surface area contributed by atoms with Crippen LogP contribution in [0.25, 0.3) is 0 Å². The Bertz CT molecular complexity index is 862. The molecule has 32 heavy (non-hydrogen) atoms. The van der Waals surface area contributed by atoms with Crippen LogP contribution in [0.5, 0.6) is 5.75 Å². The lowest BCUT2D eigenvalue weighted by Crippen LogP contribution is -2.45. The van der Waals surface area contributed by atoms with E-state index in [0.29, 0.717) is 55.6 Å². The van der Waals surface area contributed by atoms with E-state index < -0.39 is 23.4 Å². The lowest BCUT2D eigenvalue weighted by molar-refractivity contribution is -0.166. The Labute approximate surface area is 193 Å². The first-order valence-corrected chi connectivity index (χ1v) is 11.3. The average molecular weight is 467 g/mol. The first-order chi connectivity index (χ1) is 15.3. The summed E-state index contributed by atoms with van der Waals surface area (Å²) in [6.45, 7) is 5.42. The molecular formula is C23H31ClN2O6. The second-order valence-corrected chi connectivity index (χ2v) is 8.90. The molecule has 1 N–H and O–H groups in total. The smallest absolute Gasteiger partial charge is 0.313 e. The Morgan fingerprint density at radius 2 is 1.88 bits per heavy atom. The highest BCUT2D eigenvalue weighted by Gasteiger charge is 2.46. The summed E-state index contributed by atoms with van der Waals surface area (Å²) in [4.78, 5) is 40.4. The number of nitrogens with one attached hydrogen (secondary N) is 1. The number of carbonyl (C=O) groups is 3. The number of hydrogen-bond donors (Lipinski definition) is 1. The van der Waals surface area contributed by atoms with Gasteiger partial charge in [0, 0.05) is 30.6 Å². The molecule has 176 valence electrons. The fraction of sp³-hybridized carbons (Fsp3) is 0.609. The van der Waals surface area contributed by atoms with Gasteiger partial charge < -0.3 is 24.4 Å². The minimum Gasteiger partial charge on any atom is -0.495 e. The first kappa shape index (κ1) is 24.3. The van der Waals surface area contributed by atoms with E-state index >= 15 is 0 Å². The van der Waals surface area contributed by atoms with E-state index in [0.717, 1.165) is 18.4 Å². The summed E-state index contributed by atoms with van der Waals surface area (Å²) < 4.78 is 16.2. The van der Waals surface area contributed by atoms with Gasteiger partial charge in [-0.25, -0.2) is 0 Å². The van der Waals surface area contributed by atoms with Crippen LogP contribution in [0.2, 0.25) is 5.02 Å². The Balaban J connectivity index is 1.65. The Hall–Kier alpha value is -2.32. The van der Waals surface area contributed by atoms with E-state index in [4.69, 9.17) is 25.8 Å². The monoisotopic (exact) mass is 466 g/mol. The van der Waals surface area contributed by atoms with Gasteiger partial charge >= 0.3 is 5.97 Å². The lowest BCUT2D eigenvalue weighted by atomic mass is 9.82. The fourth-order valence-corrected chi connectivity index (χ4v) is 4.38. The summed E-state index contributed by atoms with van der Waals surface area (Å²) in [5.41, 5.74) is 0.345. The van der Waals surface area contributed by atoms with Gasteiger partial charge in [-0.2, -0.15) is 0 Å². The van der Waals surface area contributed by atoms with Gasteiger partial charge in [-0.1, -0.05) is 24.4 Å². The topological polar surface area (TPSA) is 94.2 Å². The molecular weight excluding hydrogens is 436 g/mol. The Morgan fingerprint density at radius 1 is 1.22 bits per heavy atom. The molecule has 1 aliphatic carbocycles. The zero-order valence-electron chi connectivity index (χ0n) is 18.9. The van der Waals surface area contributed by atoms with Crippen LogP contribution in [0, 0.1) is 12.3 Å². The third-order valence-electron chi connectivity index (χ3n) is 6.24. The molecule has 0 spiro atoms. The molecule has 0 unspecified atom stereocenters. The molecule has 1 saturated carbocycles. The van der Waals surface area contributed by atoms with Crippen molar-refractivity contribution in [3.8, 4) is 5.75 Å². The van der Waals surface area contributed by atoms with Crippen LogP contribution in [0.3, 0.4) is 0 Å². The molecule has 1 saturated heterocycles. The third kappa shape index (κ3) is 5.53. The van der Waals surface area contributed by atoms with Gasteiger partial charge in [0.1, 0.15) is 5.75 Å². The van der Waals surface area contributed by atoms with Crippen molar-refractivity contribution in [2.75, 3.05) is 38.7 Å². The number of halogens is 1. The van der Waals surface area contributed by atoms with Crippen LogP contribution in [-0.4, -0.2) is 62.2 Å². The van der Waals surface area contributed by atoms with Crippen molar-refractivity contribution in [2.45, 2.75) is 52.1 Å². The van der Waals surface area contributed by atoms with E-state index in [2.05, 4.69) is 5.32 Å². The first-order valence-electron chi connectivity index (χ1n) is 11.0. The predicted molar refractivity (Wildman–Crippen MR) is 120 cm³/mol. The fourth-order valence-electron chi connectivity index (χ4n) is 4.22. The number of aryl methyl sites for hydroxylation is 1. The number of esters is 1. The second kappa shape index (κ2) is 10.5. The summed E-state index contributed by atoms with van der Waals surface area (Å²) in [6, 6.07) is 3.32. The third-order valence-corrected chi connectivity index (χ3v) is 6.65. The summed E-state index contributed by atoms with van der Waals surface area (Å²) in [5, 5.41) is 3.26. The summed E-state index contributed by atoms with van der Waals surface area (Å²) >= 11 is 6.12. The number of methoxy groups -OCH3 is 1. The minimum absolute atomic E-state index is 0.0642. The molecule has 0 radical (unpaired) electrons. The summed E-state index contributed by atoms with van der Waals surface area (Å²) in [7, 11) is 1.48.